The van der Waals surface area contributed by atoms with Gasteiger partial charge in [0.1, 0.15) is 17.6 Å². The Balaban J connectivity index is 1.99. The second kappa shape index (κ2) is 7.46. The molecule has 2 heterocycles. The van der Waals surface area contributed by atoms with Crippen LogP contribution < -0.4 is 10.2 Å². The number of anilines is 1. The number of nitrogens with one attached hydrogen (secondary N) is 1. The average molecular weight is 336 g/mol. The molecule has 1 atom stereocenters. The number of carbonyl (C=O) groups is 1. The Morgan fingerprint density at radius 1 is 1.46 bits per heavy atom. The van der Waals surface area contributed by atoms with Crippen LogP contribution in [0.1, 0.15) is 40.0 Å². The van der Waals surface area contributed by atoms with Gasteiger partial charge in [-0.15, -0.1) is 0 Å². The topological polar surface area (TPSA) is 97.6 Å². The number of alkyl carbamates (subject to hydrolysis) is 1. The molecule has 1 aromatic heterocycles. The number of nitrogens with zero attached hydrogens (tertiary/aromatic N) is 3. The van der Waals surface area contributed by atoms with Gasteiger partial charge in [-0.25, -0.2) is 9.78 Å². The lowest BCUT2D eigenvalue weighted by molar-refractivity contribution is -0.385. The highest BCUT2D eigenvalue weighted by Crippen LogP contribution is 2.24. The number of pyridine rings is 1. The molecule has 8 heteroatoms. The molecular weight excluding hydrogens is 312 g/mol. The van der Waals surface area contributed by atoms with Crippen molar-refractivity contribution in [1.82, 2.24) is 10.3 Å². The van der Waals surface area contributed by atoms with Crippen molar-refractivity contribution < 1.29 is 14.5 Å². The molecule has 2 rings (SSSR count). The number of hydrogen-bond donors (Lipinski definition) is 1. The number of ether oxygens (including phenoxy) is 1. The lowest BCUT2D eigenvalue weighted by atomic mass is 10.0. The molecule has 0 bridgehead atoms. The van der Waals surface area contributed by atoms with Gasteiger partial charge in [-0.05, 0) is 46.1 Å². The predicted molar refractivity (Wildman–Crippen MR) is 90.1 cm³/mol. The van der Waals surface area contributed by atoms with Gasteiger partial charge in [0.05, 0.1) is 4.92 Å². The Morgan fingerprint density at radius 2 is 2.21 bits per heavy atom. The molecule has 132 valence electrons. The number of hydrogen-bond acceptors (Lipinski definition) is 6. The zero-order valence-electron chi connectivity index (χ0n) is 14.3. The van der Waals surface area contributed by atoms with Crippen molar-refractivity contribution in [3.8, 4) is 0 Å². The minimum atomic E-state index is -0.531. The highest BCUT2D eigenvalue weighted by Gasteiger charge is 2.25. The van der Waals surface area contributed by atoms with Crippen LogP contribution in [0.5, 0.6) is 0 Å². The van der Waals surface area contributed by atoms with Gasteiger partial charge in [0.25, 0.3) is 5.69 Å². The first-order valence-electron chi connectivity index (χ1n) is 8.10. The molecule has 1 fully saturated rings. The van der Waals surface area contributed by atoms with E-state index in [0.29, 0.717) is 12.4 Å². The smallest absolute Gasteiger partial charge is 0.407 e. The fourth-order valence-corrected chi connectivity index (χ4v) is 2.69. The quantitative estimate of drug-likeness (QED) is 0.670. The lowest BCUT2D eigenvalue weighted by Gasteiger charge is -2.36. The van der Waals surface area contributed by atoms with Crippen molar-refractivity contribution in [3.05, 3.63) is 28.4 Å². The van der Waals surface area contributed by atoms with Gasteiger partial charge in [-0.1, -0.05) is 0 Å². The van der Waals surface area contributed by atoms with Crippen LogP contribution in [-0.2, 0) is 4.74 Å². The van der Waals surface area contributed by atoms with Gasteiger partial charge in [0.2, 0.25) is 0 Å². The molecule has 0 unspecified atom stereocenters. The van der Waals surface area contributed by atoms with E-state index in [9.17, 15) is 14.9 Å². The van der Waals surface area contributed by atoms with Crippen LogP contribution in [0.25, 0.3) is 0 Å². The zero-order chi connectivity index (χ0) is 17.7. The standard InChI is InChI=1S/C16H24N4O4/c1-16(2,3)24-15(21)18-10-12-6-4-5-9-19(12)14-8-7-13(11-17-14)20(22)23/h7-8,11-12H,4-6,9-10H2,1-3H3,(H,18,21)/t12-/m1/s1. The summed E-state index contributed by atoms with van der Waals surface area (Å²) in [5.41, 5.74) is -0.560. The van der Waals surface area contributed by atoms with Crippen LogP contribution in [0.3, 0.4) is 0 Å². The maximum absolute atomic E-state index is 11.8. The van der Waals surface area contributed by atoms with E-state index < -0.39 is 16.6 Å². The van der Waals surface area contributed by atoms with Gasteiger partial charge in [0.15, 0.2) is 0 Å². The van der Waals surface area contributed by atoms with Gasteiger partial charge < -0.3 is 15.0 Å². The SMILES string of the molecule is CC(C)(C)OC(=O)NC[C@H]1CCCCN1c1ccc([N+](=O)[O-])cn1. The molecular formula is C16H24N4O4. The lowest BCUT2D eigenvalue weighted by Crippen LogP contribution is -2.48. The van der Waals surface area contributed by atoms with Gasteiger partial charge >= 0.3 is 6.09 Å². The molecule has 0 aliphatic carbocycles. The third kappa shape index (κ3) is 5.07. The molecule has 0 radical (unpaired) electrons. The first kappa shape index (κ1) is 18.0. The molecule has 0 aromatic carbocycles. The number of carbonyl (C=O) groups excluding carboxylic acids is 1. The highest BCUT2D eigenvalue weighted by atomic mass is 16.6. The average Bonchev–Trinajstić information content (AvgIpc) is 2.52. The third-order valence-electron chi connectivity index (χ3n) is 3.75. The van der Waals surface area contributed by atoms with E-state index in [1.165, 1.54) is 12.3 Å². The first-order valence-corrected chi connectivity index (χ1v) is 8.10. The van der Waals surface area contributed by atoms with Crippen molar-refractivity contribution in [2.24, 2.45) is 0 Å². The summed E-state index contributed by atoms with van der Waals surface area (Å²) < 4.78 is 5.25. The molecule has 1 aliphatic heterocycles. The molecule has 8 nitrogen and oxygen atoms in total. The van der Waals surface area contributed by atoms with Crippen molar-refractivity contribution in [2.75, 3.05) is 18.0 Å². The molecule has 0 spiro atoms. The third-order valence-corrected chi connectivity index (χ3v) is 3.75. The molecule has 1 amide bonds. The normalized spacial score (nSPS) is 18.1. The van der Waals surface area contributed by atoms with Crippen LogP contribution >= 0.6 is 0 Å². The van der Waals surface area contributed by atoms with Crippen molar-refractivity contribution in [1.29, 1.82) is 0 Å². The van der Waals surface area contributed by atoms with Crippen molar-refractivity contribution >= 4 is 17.6 Å². The molecule has 1 aromatic rings. The second-order valence-electron chi connectivity index (χ2n) is 6.86. The second-order valence-corrected chi connectivity index (χ2v) is 6.86. The van der Waals surface area contributed by atoms with Crippen LogP contribution in [0.4, 0.5) is 16.3 Å². The summed E-state index contributed by atoms with van der Waals surface area (Å²) in [6.07, 6.45) is 3.85. The minimum Gasteiger partial charge on any atom is -0.444 e. The van der Waals surface area contributed by atoms with E-state index >= 15 is 0 Å². The predicted octanol–water partition coefficient (Wildman–Crippen LogP) is 2.87. The number of nitro groups is 1. The van der Waals surface area contributed by atoms with Crippen LogP contribution in [0.2, 0.25) is 0 Å². The molecule has 1 aliphatic rings. The number of rotatable bonds is 4. The maximum Gasteiger partial charge on any atom is 0.407 e. The monoisotopic (exact) mass is 336 g/mol. The Morgan fingerprint density at radius 3 is 2.79 bits per heavy atom. The fraction of sp³-hybridized carbons (Fsp3) is 0.625. The highest BCUT2D eigenvalue weighted by molar-refractivity contribution is 5.67. The van der Waals surface area contributed by atoms with Crippen LogP contribution in [0.15, 0.2) is 18.3 Å². The van der Waals surface area contributed by atoms with Gasteiger partial charge in [-0.2, -0.15) is 0 Å². The summed E-state index contributed by atoms with van der Waals surface area (Å²) in [4.78, 5) is 28.4. The Bertz CT molecular complexity index is 583. The van der Waals surface area contributed by atoms with E-state index in [0.717, 1.165) is 25.8 Å². The maximum atomic E-state index is 11.8. The van der Waals surface area contributed by atoms with E-state index in [4.69, 9.17) is 4.74 Å². The Labute approximate surface area is 141 Å². The van der Waals surface area contributed by atoms with Gasteiger partial charge in [-0.3, -0.25) is 10.1 Å². The molecule has 0 saturated carbocycles. The molecule has 24 heavy (non-hydrogen) atoms. The van der Waals surface area contributed by atoms with E-state index in [2.05, 4.69) is 15.2 Å². The number of aromatic nitrogens is 1. The van der Waals surface area contributed by atoms with E-state index in [1.54, 1.807) is 6.07 Å². The van der Waals surface area contributed by atoms with E-state index in [1.807, 2.05) is 20.8 Å². The zero-order valence-corrected chi connectivity index (χ0v) is 14.3. The number of amides is 1. The van der Waals surface area contributed by atoms with Crippen molar-refractivity contribution in [3.63, 3.8) is 0 Å². The summed E-state index contributed by atoms with van der Waals surface area (Å²) in [7, 11) is 0. The molecule has 1 saturated heterocycles. The Hall–Kier alpha value is -2.38. The largest absolute Gasteiger partial charge is 0.444 e. The van der Waals surface area contributed by atoms with Gasteiger partial charge in [0, 0.05) is 25.2 Å². The summed E-state index contributed by atoms with van der Waals surface area (Å²) in [6, 6.07) is 3.21. The summed E-state index contributed by atoms with van der Waals surface area (Å²) >= 11 is 0. The summed E-state index contributed by atoms with van der Waals surface area (Å²) in [5.74, 6) is 0.691. The van der Waals surface area contributed by atoms with E-state index in [-0.39, 0.29) is 11.7 Å². The van der Waals surface area contributed by atoms with Crippen LogP contribution in [0, 0.1) is 10.1 Å². The fourth-order valence-electron chi connectivity index (χ4n) is 2.69. The molecule has 1 N–H and O–H groups in total. The van der Waals surface area contributed by atoms with Crippen LogP contribution in [-0.4, -0.2) is 40.7 Å². The summed E-state index contributed by atoms with van der Waals surface area (Å²) in [5, 5.41) is 13.5. The summed E-state index contributed by atoms with van der Waals surface area (Å²) in [6.45, 7) is 6.72. The minimum absolute atomic E-state index is 0.0285. The first-order chi connectivity index (χ1) is 11.3. The van der Waals surface area contributed by atoms with Crippen molar-refractivity contribution in [2.45, 2.75) is 51.7 Å². The Kier molecular flexibility index (Phi) is 5.58. The number of piperidine rings is 1.